The fourth-order valence-electron chi connectivity index (χ4n) is 3.58. The molecule has 0 spiro atoms. The Balaban J connectivity index is 1.52. The standard InChI is InChI=1S/C21H10ClF3N8O3S/c22-17-15(18-28-14(8-35)31-32-18)29-20(37-17)30-19(36)11-6-27-33(16(11)21(23,24)25)13-3-1-2-9-10(13)4-5-26-12(9)7-34/h1-6,26,31H,(H,28,32)(H,29,30,36). The lowest BCUT2D eigenvalue weighted by molar-refractivity contribution is -0.143. The number of hydrogen-bond donors (Lipinski definition) is 4. The quantitative estimate of drug-likeness (QED) is 0.366. The van der Waals surface area contributed by atoms with Gasteiger partial charge in [0.1, 0.15) is 15.7 Å². The summed E-state index contributed by atoms with van der Waals surface area (Å²) in [6.07, 6.45) is -1.34. The number of aromatic nitrogens is 3. The molecule has 1 aromatic carbocycles. The number of fused-ring (bicyclic) bond motifs is 1. The minimum Gasteiger partial charge on any atom is -0.352 e. The summed E-state index contributed by atoms with van der Waals surface area (Å²) in [5, 5.41) is 8.67. The van der Waals surface area contributed by atoms with Gasteiger partial charge in [-0.2, -0.15) is 23.3 Å². The van der Waals surface area contributed by atoms with Crippen LogP contribution in [-0.2, 0) is 15.8 Å². The normalized spacial score (nSPS) is 14.1. The van der Waals surface area contributed by atoms with E-state index in [0.29, 0.717) is 10.2 Å². The van der Waals surface area contributed by atoms with Gasteiger partial charge in [-0.25, -0.2) is 19.3 Å². The van der Waals surface area contributed by atoms with Crippen molar-refractivity contribution in [2.75, 3.05) is 5.32 Å². The van der Waals surface area contributed by atoms with E-state index in [4.69, 9.17) is 11.6 Å². The molecule has 0 saturated carbocycles. The summed E-state index contributed by atoms with van der Waals surface area (Å²) in [6.45, 7) is 0. The second kappa shape index (κ2) is 9.08. The molecule has 2 aliphatic heterocycles. The smallest absolute Gasteiger partial charge is 0.352 e. The number of alkyl halides is 3. The molecule has 0 saturated heterocycles. The van der Waals surface area contributed by atoms with Crippen LogP contribution in [0.3, 0.4) is 0 Å². The summed E-state index contributed by atoms with van der Waals surface area (Å²) in [4.78, 5) is 42.8. The van der Waals surface area contributed by atoms with Crippen LogP contribution < -0.4 is 21.5 Å². The molecule has 37 heavy (non-hydrogen) atoms. The Bertz CT molecular complexity index is 1630. The Labute approximate surface area is 213 Å². The van der Waals surface area contributed by atoms with Gasteiger partial charge in [-0.1, -0.05) is 35.1 Å². The van der Waals surface area contributed by atoms with Crippen molar-refractivity contribution in [3.05, 3.63) is 68.8 Å². The van der Waals surface area contributed by atoms with Gasteiger partial charge in [0, 0.05) is 17.3 Å². The van der Waals surface area contributed by atoms with Crippen LogP contribution >= 0.6 is 22.9 Å². The summed E-state index contributed by atoms with van der Waals surface area (Å²) < 4.78 is 43.3. The minimum atomic E-state index is -4.98. The van der Waals surface area contributed by atoms with Crippen LogP contribution in [0.25, 0.3) is 17.5 Å². The maximum Gasteiger partial charge on any atom is 0.434 e. The summed E-state index contributed by atoms with van der Waals surface area (Å²) in [6, 6.07) is 4.36. The van der Waals surface area contributed by atoms with Crippen LogP contribution in [0.5, 0.6) is 0 Å². The van der Waals surface area contributed by atoms with Crippen molar-refractivity contribution >= 4 is 63.5 Å². The van der Waals surface area contributed by atoms with Crippen LogP contribution in [0.2, 0.25) is 4.34 Å². The van der Waals surface area contributed by atoms with Crippen molar-refractivity contribution in [2.45, 2.75) is 6.18 Å². The number of benzene rings is 1. The fraction of sp³-hybridized carbons (Fsp3) is 0.0476. The lowest BCUT2D eigenvalue weighted by Crippen LogP contribution is -2.30. The number of carbonyl (C=O) groups is 1. The molecule has 0 unspecified atom stereocenters. The van der Waals surface area contributed by atoms with Crippen molar-refractivity contribution in [1.29, 1.82) is 0 Å². The predicted molar refractivity (Wildman–Crippen MR) is 127 cm³/mol. The van der Waals surface area contributed by atoms with Gasteiger partial charge in [0.15, 0.2) is 28.5 Å². The van der Waals surface area contributed by atoms with Gasteiger partial charge in [0.05, 0.1) is 17.4 Å². The van der Waals surface area contributed by atoms with Crippen molar-refractivity contribution in [2.24, 2.45) is 4.99 Å². The molecule has 4 N–H and O–H groups in total. The molecule has 2 aromatic heterocycles. The number of nitrogens with one attached hydrogen (secondary N) is 4. The number of aliphatic imine (C=N–C) groups is 1. The summed E-state index contributed by atoms with van der Waals surface area (Å²) in [5.41, 5.74) is 3.54. The van der Waals surface area contributed by atoms with Crippen molar-refractivity contribution in [1.82, 2.24) is 30.9 Å². The van der Waals surface area contributed by atoms with Gasteiger partial charge in [0.25, 0.3) is 5.91 Å². The zero-order valence-corrected chi connectivity index (χ0v) is 19.5. The molecular formula is C21H10ClF3N8O3S. The molecule has 0 fully saturated rings. The summed E-state index contributed by atoms with van der Waals surface area (Å²) >= 11 is 6.91. The third-order valence-electron chi connectivity index (χ3n) is 5.09. The number of hydrogen-bond acceptors (Lipinski definition) is 10. The van der Waals surface area contributed by atoms with E-state index in [1.54, 1.807) is 5.94 Å². The SMILES string of the molecule is O=C=C1N=C(c2nc(NC(=O)c3cnn(-c4cccc5c4C=CNC5=C=O)c3C(F)(F)F)sc2Cl)NN1. The van der Waals surface area contributed by atoms with Crippen LogP contribution in [0.4, 0.5) is 18.3 Å². The zero-order chi connectivity index (χ0) is 26.3. The number of hydrazine groups is 1. The van der Waals surface area contributed by atoms with E-state index in [1.165, 1.54) is 36.4 Å². The Kier molecular flexibility index (Phi) is 5.90. The number of rotatable bonds is 4. The van der Waals surface area contributed by atoms with Gasteiger partial charge in [-0.3, -0.25) is 21.0 Å². The Morgan fingerprint density at radius 1 is 1.19 bits per heavy atom. The van der Waals surface area contributed by atoms with E-state index in [-0.39, 0.29) is 43.8 Å². The molecule has 0 bridgehead atoms. The molecule has 5 rings (SSSR count). The predicted octanol–water partition coefficient (Wildman–Crippen LogP) is 2.53. The number of carbonyl (C=O) groups excluding carboxylic acids is 3. The number of halogens is 4. The molecule has 16 heteroatoms. The summed E-state index contributed by atoms with van der Waals surface area (Å²) in [7, 11) is 0. The van der Waals surface area contributed by atoms with E-state index < -0.39 is 23.3 Å². The third-order valence-corrected chi connectivity index (χ3v) is 6.26. The number of amidine groups is 1. The Morgan fingerprint density at radius 2 is 2.00 bits per heavy atom. The second-order valence-corrected chi connectivity index (χ2v) is 8.87. The number of amides is 1. The lowest BCUT2D eigenvalue weighted by Gasteiger charge is -2.19. The van der Waals surface area contributed by atoms with Gasteiger partial charge < -0.3 is 5.32 Å². The van der Waals surface area contributed by atoms with E-state index in [9.17, 15) is 27.6 Å². The van der Waals surface area contributed by atoms with Crippen LogP contribution in [0, 0.1) is 0 Å². The molecule has 11 nitrogen and oxygen atoms in total. The van der Waals surface area contributed by atoms with Gasteiger partial charge >= 0.3 is 6.18 Å². The number of nitrogens with zero attached hydrogens (tertiary/aromatic N) is 4. The van der Waals surface area contributed by atoms with Crippen LogP contribution in [-0.4, -0.2) is 38.4 Å². The van der Waals surface area contributed by atoms with Crippen molar-refractivity contribution in [3.8, 4) is 5.69 Å². The first-order valence-corrected chi connectivity index (χ1v) is 11.2. The molecule has 0 radical (unpaired) electrons. The maximum absolute atomic E-state index is 14.2. The molecule has 186 valence electrons. The molecule has 0 aliphatic carbocycles. The largest absolute Gasteiger partial charge is 0.434 e. The highest BCUT2D eigenvalue weighted by Gasteiger charge is 2.41. The zero-order valence-electron chi connectivity index (χ0n) is 17.9. The van der Waals surface area contributed by atoms with E-state index in [1.807, 2.05) is 0 Å². The number of thiazole rings is 1. The minimum absolute atomic E-state index is 0.00851. The highest BCUT2D eigenvalue weighted by atomic mass is 35.5. The second-order valence-electron chi connectivity index (χ2n) is 7.27. The average molecular weight is 547 g/mol. The maximum atomic E-state index is 14.2. The fourth-order valence-corrected chi connectivity index (χ4v) is 4.62. The van der Waals surface area contributed by atoms with Gasteiger partial charge in [0.2, 0.25) is 5.82 Å². The molecular weight excluding hydrogens is 537 g/mol. The molecule has 3 aromatic rings. The number of anilines is 1. The first-order chi connectivity index (χ1) is 17.7. The highest BCUT2D eigenvalue weighted by Crippen LogP contribution is 2.37. The van der Waals surface area contributed by atoms with Crippen molar-refractivity contribution < 1.29 is 27.6 Å². The van der Waals surface area contributed by atoms with E-state index in [2.05, 4.69) is 36.6 Å². The van der Waals surface area contributed by atoms with Crippen molar-refractivity contribution in [3.63, 3.8) is 0 Å². The molecule has 0 atom stereocenters. The highest BCUT2D eigenvalue weighted by molar-refractivity contribution is 7.20. The molecule has 1 amide bonds. The van der Waals surface area contributed by atoms with Crippen LogP contribution in [0.1, 0.15) is 32.9 Å². The van der Waals surface area contributed by atoms with Gasteiger partial charge in [-0.15, -0.1) is 0 Å². The molecule has 2 aliphatic rings. The summed E-state index contributed by atoms with van der Waals surface area (Å²) in [5.74, 6) is 1.99. The average Bonchev–Trinajstić information content (AvgIpc) is 3.61. The first kappa shape index (κ1) is 24.0. The Morgan fingerprint density at radius 3 is 2.70 bits per heavy atom. The molecule has 4 heterocycles. The van der Waals surface area contributed by atoms with E-state index >= 15 is 0 Å². The van der Waals surface area contributed by atoms with Crippen LogP contribution in [0.15, 0.2) is 41.4 Å². The van der Waals surface area contributed by atoms with E-state index in [0.717, 1.165) is 17.5 Å². The lowest BCUT2D eigenvalue weighted by atomic mass is 10.0. The Hall–Kier alpha value is -4.68. The first-order valence-electron chi connectivity index (χ1n) is 10.0. The topological polar surface area (TPSA) is 142 Å². The third kappa shape index (κ3) is 4.28. The van der Waals surface area contributed by atoms with Gasteiger partial charge in [-0.05, 0) is 12.1 Å². The monoisotopic (exact) mass is 546 g/mol.